The van der Waals surface area contributed by atoms with Crippen molar-refractivity contribution < 1.29 is 8.42 Å². The van der Waals surface area contributed by atoms with Gasteiger partial charge in [-0.15, -0.1) is 0 Å². The van der Waals surface area contributed by atoms with Crippen LogP contribution in [0.2, 0.25) is 5.28 Å². The third kappa shape index (κ3) is 3.46. The number of hydrogen-bond acceptors (Lipinski definition) is 4. The average Bonchev–Trinajstić information content (AvgIpc) is 2.38. The first kappa shape index (κ1) is 14.7. The van der Waals surface area contributed by atoms with Crippen LogP contribution in [0.3, 0.4) is 0 Å². The fourth-order valence-corrected chi connectivity index (χ4v) is 2.77. The monoisotopic (exact) mass is 311 g/mol. The summed E-state index contributed by atoms with van der Waals surface area (Å²) in [7, 11) is -3.67. The summed E-state index contributed by atoms with van der Waals surface area (Å²) in [6.07, 6.45) is 1.38. The first-order valence-corrected chi connectivity index (χ1v) is 7.86. The van der Waals surface area contributed by atoms with Gasteiger partial charge in [0.1, 0.15) is 5.82 Å². The topological polar surface area (TPSA) is 72.0 Å². The minimum absolute atomic E-state index is 0.0136. The Balaban J connectivity index is 2.26. The van der Waals surface area contributed by atoms with E-state index in [1.165, 1.54) is 12.3 Å². The number of anilines is 1. The average molecular weight is 312 g/mol. The molecular formula is C13H14ClN3O2S. The van der Waals surface area contributed by atoms with Crippen molar-refractivity contribution in [2.75, 3.05) is 4.72 Å². The molecule has 1 heterocycles. The van der Waals surface area contributed by atoms with Crippen LogP contribution < -0.4 is 4.72 Å². The van der Waals surface area contributed by atoms with Crippen molar-refractivity contribution in [3.8, 4) is 0 Å². The molecule has 0 saturated heterocycles. The van der Waals surface area contributed by atoms with E-state index in [1.54, 1.807) is 24.3 Å². The molecule has 0 aliphatic rings. The summed E-state index contributed by atoms with van der Waals surface area (Å²) in [5, 5.41) is -0.0136. The van der Waals surface area contributed by atoms with E-state index >= 15 is 0 Å². The van der Waals surface area contributed by atoms with Crippen LogP contribution >= 0.6 is 11.6 Å². The summed E-state index contributed by atoms with van der Waals surface area (Å²) in [5.74, 6) is 0.485. The SMILES string of the molecule is CC(C)c1ccc(S(=O)(=O)Nc2ccnc(Cl)n2)cc1. The summed E-state index contributed by atoms with van der Waals surface area (Å²) >= 11 is 5.62. The number of halogens is 1. The van der Waals surface area contributed by atoms with Gasteiger partial charge in [0.15, 0.2) is 0 Å². The summed E-state index contributed by atoms with van der Waals surface area (Å²) in [6.45, 7) is 4.09. The van der Waals surface area contributed by atoms with Gasteiger partial charge in [-0.1, -0.05) is 26.0 Å². The Morgan fingerprint density at radius 1 is 1.15 bits per heavy atom. The Morgan fingerprint density at radius 3 is 2.35 bits per heavy atom. The van der Waals surface area contributed by atoms with Crippen LogP contribution in [0.5, 0.6) is 0 Å². The molecule has 7 heteroatoms. The molecule has 5 nitrogen and oxygen atoms in total. The zero-order valence-electron chi connectivity index (χ0n) is 11.0. The molecule has 1 aromatic heterocycles. The Morgan fingerprint density at radius 2 is 1.80 bits per heavy atom. The van der Waals surface area contributed by atoms with Gasteiger partial charge in [0.25, 0.3) is 10.0 Å². The number of rotatable bonds is 4. The highest BCUT2D eigenvalue weighted by atomic mass is 35.5. The van der Waals surface area contributed by atoms with Gasteiger partial charge < -0.3 is 0 Å². The van der Waals surface area contributed by atoms with Crippen LogP contribution in [0.15, 0.2) is 41.4 Å². The predicted octanol–water partition coefficient (Wildman–Crippen LogP) is 3.05. The highest BCUT2D eigenvalue weighted by molar-refractivity contribution is 7.92. The number of nitrogens with zero attached hydrogens (tertiary/aromatic N) is 2. The Labute approximate surface area is 123 Å². The fraction of sp³-hybridized carbons (Fsp3) is 0.231. The first-order valence-electron chi connectivity index (χ1n) is 6.00. The van der Waals surface area contributed by atoms with Crippen molar-refractivity contribution in [3.05, 3.63) is 47.4 Å². The highest BCUT2D eigenvalue weighted by Crippen LogP contribution is 2.19. The quantitative estimate of drug-likeness (QED) is 0.881. The molecule has 0 atom stereocenters. The van der Waals surface area contributed by atoms with Gasteiger partial charge in [-0.3, -0.25) is 4.72 Å². The zero-order chi connectivity index (χ0) is 14.8. The fourth-order valence-electron chi connectivity index (χ4n) is 1.62. The van der Waals surface area contributed by atoms with E-state index in [4.69, 9.17) is 11.6 Å². The molecule has 0 bridgehead atoms. The van der Waals surface area contributed by atoms with Gasteiger partial charge >= 0.3 is 0 Å². The molecule has 106 valence electrons. The Kier molecular flexibility index (Phi) is 4.25. The van der Waals surface area contributed by atoms with Gasteiger partial charge in [0.2, 0.25) is 5.28 Å². The number of sulfonamides is 1. The minimum atomic E-state index is -3.67. The third-order valence-corrected chi connectivity index (χ3v) is 4.27. The van der Waals surface area contributed by atoms with E-state index in [0.717, 1.165) is 5.56 Å². The molecule has 2 aromatic rings. The molecule has 2 rings (SSSR count). The van der Waals surface area contributed by atoms with Crippen LogP contribution in [0.1, 0.15) is 25.3 Å². The molecule has 1 N–H and O–H groups in total. The predicted molar refractivity (Wildman–Crippen MR) is 78.4 cm³/mol. The van der Waals surface area contributed by atoms with Crippen LogP contribution in [0, 0.1) is 0 Å². The van der Waals surface area contributed by atoms with Gasteiger partial charge in [0.05, 0.1) is 4.90 Å². The van der Waals surface area contributed by atoms with Crippen molar-refractivity contribution in [2.45, 2.75) is 24.7 Å². The zero-order valence-corrected chi connectivity index (χ0v) is 12.6. The molecule has 0 saturated carbocycles. The number of nitrogens with one attached hydrogen (secondary N) is 1. The number of hydrogen-bond donors (Lipinski definition) is 1. The van der Waals surface area contributed by atoms with Crippen LogP contribution in [0.4, 0.5) is 5.82 Å². The number of benzene rings is 1. The molecule has 1 aromatic carbocycles. The number of aromatic nitrogens is 2. The lowest BCUT2D eigenvalue weighted by molar-refractivity contribution is 0.601. The van der Waals surface area contributed by atoms with Crippen LogP contribution in [0.25, 0.3) is 0 Å². The second-order valence-electron chi connectivity index (χ2n) is 4.54. The van der Waals surface area contributed by atoms with Crippen molar-refractivity contribution in [1.29, 1.82) is 0 Å². The van der Waals surface area contributed by atoms with Crippen molar-refractivity contribution in [3.63, 3.8) is 0 Å². The van der Waals surface area contributed by atoms with Gasteiger partial charge in [-0.25, -0.2) is 13.4 Å². The largest absolute Gasteiger partial charge is 0.263 e. The molecule has 0 spiro atoms. The van der Waals surface area contributed by atoms with E-state index in [0.29, 0.717) is 5.92 Å². The van der Waals surface area contributed by atoms with E-state index < -0.39 is 10.0 Å². The Bertz CT molecular complexity index is 700. The molecule has 0 amide bonds. The maximum absolute atomic E-state index is 12.2. The maximum Gasteiger partial charge on any atom is 0.263 e. The second-order valence-corrected chi connectivity index (χ2v) is 6.56. The second kappa shape index (κ2) is 5.76. The normalized spacial score (nSPS) is 11.6. The molecule has 0 aliphatic heterocycles. The minimum Gasteiger partial charge on any atom is -0.263 e. The molecule has 0 radical (unpaired) electrons. The summed E-state index contributed by atoms with van der Waals surface area (Å²) < 4.78 is 26.7. The van der Waals surface area contributed by atoms with Gasteiger partial charge in [-0.2, -0.15) is 4.98 Å². The molecule has 20 heavy (non-hydrogen) atoms. The van der Waals surface area contributed by atoms with Crippen molar-refractivity contribution >= 4 is 27.4 Å². The van der Waals surface area contributed by atoms with E-state index in [2.05, 4.69) is 14.7 Å². The maximum atomic E-state index is 12.2. The van der Waals surface area contributed by atoms with Gasteiger partial charge in [0, 0.05) is 6.20 Å². The Hall–Kier alpha value is -1.66. The summed E-state index contributed by atoms with van der Waals surface area (Å²) in [6, 6.07) is 8.17. The smallest absolute Gasteiger partial charge is 0.263 e. The lowest BCUT2D eigenvalue weighted by Crippen LogP contribution is -2.14. The van der Waals surface area contributed by atoms with Crippen molar-refractivity contribution in [1.82, 2.24) is 9.97 Å². The lowest BCUT2D eigenvalue weighted by Gasteiger charge is -2.09. The van der Waals surface area contributed by atoms with Crippen molar-refractivity contribution in [2.24, 2.45) is 0 Å². The first-order chi connectivity index (χ1) is 9.38. The summed E-state index contributed by atoms with van der Waals surface area (Å²) in [5.41, 5.74) is 1.08. The summed E-state index contributed by atoms with van der Waals surface area (Å²) in [4.78, 5) is 7.66. The van der Waals surface area contributed by atoms with Gasteiger partial charge in [-0.05, 0) is 41.3 Å². The molecule has 0 fully saturated rings. The van der Waals surface area contributed by atoms with E-state index in [-0.39, 0.29) is 16.0 Å². The molecule has 0 aliphatic carbocycles. The lowest BCUT2D eigenvalue weighted by atomic mass is 10.0. The highest BCUT2D eigenvalue weighted by Gasteiger charge is 2.15. The van der Waals surface area contributed by atoms with E-state index in [1.807, 2.05) is 13.8 Å². The third-order valence-electron chi connectivity index (χ3n) is 2.72. The molecule has 0 unspecified atom stereocenters. The van der Waals surface area contributed by atoms with Crippen LogP contribution in [-0.4, -0.2) is 18.4 Å². The standard InChI is InChI=1S/C13H14ClN3O2S/c1-9(2)10-3-5-11(6-4-10)20(18,19)17-12-7-8-15-13(14)16-12/h3-9H,1-2H3,(H,15,16,17). The van der Waals surface area contributed by atoms with Crippen LogP contribution in [-0.2, 0) is 10.0 Å². The molecular weight excluding hydrogens is 298 g/mol. The van der Waals surface area contributed by atoms with E-state index in [9.17, 15) is 8.42 Å².